The highest BCUT2D eigenvalue weighted by molar-refractivity contribution is 7.80. The number of benzene rings is 1. The Labute approximate surface area is 181 Å². The van der Waals surface area contributed by atoms with E-state index in [1.54, 1.807) is 0 Å². The van der Waals surface area contributed by atoms with E-state index in [4.69, 9.17) is 22.7 Å². The van der Waals surface area contributed by atoms with Crippen LogP contribution in [0.1, 0.15) is 70.3 Å². The quantitative estimate of drug-likeness (QED) is 0.687. The summed E-state index contributed by atoms with van der Waals surface area (Å²) >= 11 is 6.18. The van der Waals surface area contributed by atoms with Crippen LogP contribution in [0, 0.1) is 17.3 Å². The van der Waals surface area contributed by atoms with Gasteiger partial charge in [0, 0.05) is 24.1 Å². The molecule has 0 aromatic heterocycles. The Balaban J connectivity index is 1.42. The molecule has 29 heavy (non-hydrogen) atoms. The molecule has 4 heteroatoms. The lowest BCUT2D eigenvalue weighted by Gasteiger charge is -2.65. The molecule has 2 unspecified atom stereocenters. The molecule has 1 aromatic carbocycles. The Morgan fingerprint density at radius 2 is 1.72 bits per heavy atom. The first-order chi connectivity index (χ1) is 14.0. The number of nitrogens with two attached hydrogens (primary N) is 1. The summed E-state index contributed by atoms with van der Waals surface area (Å²) in [5, 5.41) is 3.85. The minimum Gasteiger partial charge on any atom is -0.378 e. The maximum absolute atomic E-state index is 6.31. The first-order valence-corrected chi connectivity index (χ1v) is 12.2. The summed E-state index contributed by atoms with van der Waals surface area (Å²) < 4.78 is 6.31. The molecule has 0 saturated heterocycles. The molecule has 2 atom stereocenters. The van der Waals surface area contributed by atoms with Crippen molar-refractivity contribution in [3.63, 3.8) is 0 Å². The van der Waals surface area contributed by atoms with Crippen LogP contribution in [0.3, 0.4) is 0 Å². The van der Waals surface area contributed by atoms with E-state index in [2.05, 4.69) is 42.6 Å². The van der Waals surface area contributed by atoms with E-state index in [0.717, 1.165) is 37.3 Å². The Hall–Kier alpha value is -0.970. The van der Waals surface area contributed by atoms with Crippen LogP contribution in [-0.4, -0.2) is 29.8 Å². The van der Waals surface area contributed by atoms with Crippen LogP contribution in [0.4, 0.5) is 0 Å². The molecule has 5 saturated carbocycles. The maximum atomic E-state index is 6.31. The molecule has 5 aliphatic rings. The van der Waals surface area contributed by atoms with E-state index in [0.29, 0.717) is 30.0 Å². The van der Waals surface area contributed by atoms with Gasteiger partial charge in [-0.05, 0) is 87.5 Å². The molecule has 3 N–H and O–H groups in total. The number of nitrogens with one attached hydrogen (secondary N) is 1. The van der Waals surface area contributed by atoms with Crippen molar-refractivity contribution in [2.75, 3.05) is 6.61 Å². The van der Waals surface area contributed by atoms with Crippen LogP contribution < -0.4 is 11.1 Å². The van der Waals surface area contributed by atoms with Crippen molar-refractivity contribution in [2.45, 2.75) is 88.3 Å². The van der Waals surface area contributed by atoms with Crippen molar-refractivity contribution in [1.82, 2.24) is 5.32 Å². The minimum absolute atomic E-state index is 0.157. The number of thiocarbonyl (C=S) groups is 1. The highest BCUT2D eigenvalue weighted by atomic mass is 32.1. The molecular weight excluding hydrogens is 376 g/mol. The van der Waals surface area contributed by atoms with E-state index in [1.165, 1.54) is 37.7 Å². The fourth-order valence-corrected chi connectivity index (χ4v) is 7.97. The fraction of sp³-hybridized carbons (Fsp3) is 0.720. The zero-order valence-corrected chi connectivity index (χ0v) is 18.6. The predicted octanol–water partition coefficient (Wildman–Crippen LogP) is 4.73. The molecule has 5 fully saturated rings. The molecule has 0 radical (unpaired) electrons. The van der Waals surface area contributed by atoms with Crippen molar-refractivity contribution < 1.29 is 4.74 Å². The van der Waals surface area contributed by atoms with E-state index in [-0.39, 0.29) is 10.8 Å². The molecule has 0 heterocycles. The standard InChI is InChI=1S/C25H36N2OS/c1-2-28-22-17-12-24(19-6-4-3-5-7-19)13-18(22)15-25(14-17,16-24)23(29)27-21-10-8-20(26)9-11-21/h3-7,17-18,20-22H,2,8-16,26H2,1H3,(H,27,29). The monoisotopic (exact) mass is 412 g/mol. The van der Waals surface area contributed by atoms with Crippen molar-refractivity contribution in [3.05, 3.63) is 35.9 Å². The summed E-state index contributed by atoms with van der Waals surface area (Å²) in [6.45, 7) is 2.97. The van der Waals surface area contributed by atoms with Crippen molar-refractivity contribution in [2.24, 2.45) is 23.0 Å². The Morgan fingerprint density at radius 3 is 2.34 bits per heavy atom. The van der Waals surface area contributed by atoms with Gasteiger partial charge in [-0.15, -0.1) is 0 Å². The van der Waals surface area contributed by atoms with Gasteiger partial charge in [0.05, 0.1) is 11.1 Å². The number of rotatable bonds is 5. The molecule has 6 rings (SSSR count). The van der Waals surface area contributed by atoms with Crippen molar-refractivity contribution in [3.8, 4) is 0 Å². The van der Waals surface area contributed by atoms with E-state index in [9.17, 15) is 0 Å². The SMILES string of the molecule is CCOC1C2CC3(C(=S)NC4CCC(N)CC4)CC1CC(c1ccccc1)(C2)C3. The van der Waals surface area contributed by atoms with Crippen molar-refractivity contribution in [1.29, 1.82) is 0 Å². The third kappa shape index (κ3) is 3.45. The molecule has 5 aliphatic carbocycles. The summed E-state index contributed by atoms with van der Waals surface area (Å²) in [5.41, 5.74) is 8.09. The third-order valence-corrected chi connectivity index (χ3v) is 9.10. The second kappa shape index (κ2) is 7.62. The average molecular weight is 413 g/mol. The largest absolute Gasteiger partial charge is 0.378 e. The predicted molar refractivity (Wildman–Crippen MR) is 122 cm³/mol. The fourth-order valence-electron chi connectivity index (χ4n) is 7.57. The lowest BCUT2D eigenvalue weighted by Crippen LogP contribution is -2.64. The normalized spacial score (nSPS) is 43.3. The van der Waals surface area contributed by atoms with Gasteiger partial charge in [0.1, 0.15) is 0 Å². The lowest BCUT2D eigenvalue weighted by molar-refractivity contribution is -0.148. The van der Waals surface area contributed by atoms with Gasteiger partial charge in [-0.3, -0.25) is 0 Å². The summed E-state index contributed by atoms with van der Waals surface area (Å²) in [6.07, 6.45) is 11.2. The van der Waals surface area contributed by atoms with Crippen LogP contribution in [0.25, 0.3) is 0 Å². The molecule has 0 spiro atoms. The van der Waals surface area contributed by atoms with Gasteiger partial charge in [-0.2, -0.15) is 0 Å². The van der Waals surface area contributed by atoms with Crippen molar-refractivity contribution >= 4 is 17.2 Å². The summed E-state index contributed by atoms with van der Waals surface area (Å²) in [5.74, 6) is 1.27. The second-order valence-corrected chi connectivity index (χ2v) is 10.9. The molecule has 1 aromatic rings. The summed E-state index contributed by atoms with van der Waals surface area (Å²) in [6, 6.07) is 12.2. The van der Waals surface area contributed by atoms with Crippen LogP contribution >= 0.6 is 12.2 Å². The van der Waals surface area contributed by atoms with Gasteiger partial charge in [-0.1, -0.05) is 42.5 Å². The maximum Gasteiger partial charge on any atom is 0.0818 e. The van der Waals surface area contributed by atoms with Gasteiger partial charge in [-0.25, -0.2) is 0 Å². The Kier molecular flexibility index (Phi) is 5.24. The lowest BCUT2D eigenvalue weighted by atomic mass is 9.42. The second-order valence-electron chi connectivity index (χ2n) is 10.4. The van der Waals surface area contributed by atoms with E-state index < -0.39 is 0 Å². The Morgan fingerprint density at radius 1 is 1.07 bits per heavy atom. The molecule has 3 nitrogen and oxygen atoms in total. The zero-order chi connectivity index (χ0) is 20.1. The molecule has 158 valence electrons. The average Bonchev–Trinajstić information content (AvgIpc) is 2.72. The van der Waals surface area contributed by atoms with Gasteiger partial charge >= 0.3 is 0 Å². The highest BCUT2D eigenvalue weighted by Crippen LogP contribution is 2.66. The summed E-state index contributed by atoms with van der Waals surface area (Å²) in [7, 11) is 0. The first kappa shape index (κ1) is 20.0. The topological polar surface area (TPSA) is 47.3 Å². The van der Waals surface area contributed by atoms with Crippen LogP contribution in [-0.2, 0) is 10.2 Å². The number of ether oxygens (including phenoxy) is 1. The number of hydrogen-bond donors (Lipinski definition) is 2. The minimum atomic E-state index is 0.157. The van der Waals surface area contributed by atoms with Crippen LogP contribution in [0.2, 0.25) is 0 Å². The highest BCUT2D eigenvalue weighted by Gasteiger charge is 2.63. The smallest absolute Gasteiger partial charge is 0.0818 e. The first-order valence-electron chi connectivity index (χ1n) is 11.8. The van der Waals surface area contributed by atoms with Gasteiger partial charge in [0.15, 0.2) is 0 Å². The van der Waals surface area contributed by atoms with Crippen LogP contribution in [0.15, 0.2) is 30.3 Å². The van der Waals surface area contributed by atoms with E-state index in [1.807, 2.05) is 0 Å². The number of hydrogen-bond acceptors (Lipinski definition) is 3. The van der Waals surface area contributed by atoms with E-state index >= 15 is 0 Å². The zero-order valence-electron chi connectivity index (χ0n) is 17.7. The molecule has 0 aliphatic heterocycles. The van der Waals surface area contributed by atoms with Gasteiger partial charge in [0.2, 0.25) is 0 Å². The van der Waals surface area contributed by atoms with Gasteiger partial charge in [0.25, 0.3) is 0 Å². The van der Waals surface area contributed by atoms with Crippen LogP contribution in [0.5, 0.6) is 0 Å². The van der Waals surface area contributed by atoms with Gasteiger partial charge < -0.3 is 15.8 Å². The summed E-state index contributed by atoms with van der Waals surface area (Å²) in [4.78, 5) is 1.16. The molecule has 4 bridgehead atoms. The third-order valence-electron chi connectivity index (χ3n) is 8.55. The Bertz CT molecular complexity index is 726. The molecular formula is C25H36N2OS. The molecule has 0 amide bonds.